The second-order valence-electron chi connectivity index (χ2n) is 5.48. The molecule has 1 aliphatic rings. The number of anilines is 1. The standard InChI is InChI=1S/C9H16N3O14P3.2ClH.2Na.2H/c10-5-1-2-12(9(15)11-5)8-7(14)6(13)4(24-8)3-23-28(19,20)26-29(21,22)25-27(16,17)18;;;;;;/h1-2,4,6-8,13-14H,3H2,(H,19,20)(H,21,22)(H2,10,11,15)(H2,16,17,18);2*1H;;;;/q;;;2*+1;2*-1/t4-,6-,7-,8-;;;;;;/m1....../s1. The average molecular weight is 604 g/mol. The quantitative estimate of drug-likeness (QED) is 0.107. The Morgan fingerprint density at radius 3 is 2.09 bits per heavy atom. The SMILES string of the molecule is Cl.Cl.Nc1ccn([C@@H]2O[C@H](COP(=O)(O)OP(=O)(O)OP(=O)(O)O)[C@@H](O)[C@H]2O)c(=O)n1.[H-].[H-].[Na+].[Na+]. The third-order valence-corrected chi connectivity index (χ3v) is 7.08. The Morgan fingerprint density at radius 1 is 1.06 bits per heavy atom. The molecule has 2 heterocycles. The van der Waals surface area contributed by atoms with Gasteiger partial charge in [0.1, 0.15) is 24.1 Å². The minimum absolute atomic E-state index is 0. The van der Waals surface area contributed by atoms with E-state index in [0.717, 1.165) is 10.8 Å². The predicted octanol–water partition coefficient (Wildman–Crippen LogP) is -7.14. The maximum absolute atomic E-state index is 11.8. The van der Waals surface area contributed by atoms with Crippen molar-refractivity contribution >= 4 is 54.1 Å². The summed E-state index contributed by atoms with van der Waals surface area (Å²) in [6.07, 6.45) is -5.38. The molecule has 0 saturated carbocycles. The molecule has 0 radical (unpaired) electrons. The molecule has 1 fully saturated rings. The van der Waals surface area contributed by atoms with E-state index in [2.05, 4.69) is 18.1 Å². The molecule has 6 atom stereocenters. The van der Waals surface area contributed by atoms with Crippen molar-refractivity contribution in [3.63, 3.8) is 0 Å². The van der Waals surface area contributed by atoms with Gasteiger partial charge in [0.05, 0.1) is 6.61 Å². The van der Waals surface area contributed by atoms with Crippen LogP contribution in [0, 0.1) is 0 Å². The first-order valence-corrected chi connectivity index (χ1v) is 11.8. The normalized spacial score (nSPS) is 25.8. The number of hydrogen-bond acceptors (Lipinski definition) is 12. The van der Waals surface area contributed by atoms with Gasteiger partial charge in [0.2, 0.25) is 0 Å². The number of phosphoric ester groups is 1. The van der Waals surface area contributed by atoms with Gasteiger partial charge < -0.3 is 43.1 Å². The summed E-state index contributed by atoms with van der Waals surface area (Å²) in [7, 11) is -16.7. The number of aromatic nitrogens is 2. The second-order valence-corrected chi connectivity index (χ2v) is 9.90. The third-order valence-electron chi connectivity index (χ3n) is 3.28. The summed E-state index contributed by atoms with van der Waals surface area (Å²) < 4.78 is 50.8. The van der Waals surface area contributed by atoms with Crippen molar-refractivity contribution in [2.24, 2.45) is 0 Å². The van der Waals surface area contributed by atoms with Crippen molar-refractivity contribution in [1.29, 1.82) is 0 Å². The maximum Gasteiger partial charge on any atom is 1.00 e. The summed E-state index contributed by atoms with van der Waals surface area (Å²) in [6, 6.07) is 1.20. The first kappa shape index (κ1) is 39.1. The van der Waals surface area contributed by atoms with Gasteiger partial charge >= 0.3 is 88.3 Å². The summed E-state index contributed by atoms with van der Waals surface area (Å²) in [5.41, 5.74) is 4.39. The van der Waals surface area contributed by atoms with E-state index in [-0.39, 0.29) is 92.6 Å². The number of hydrogen-bond donors (Lipinski definition) is 7. The number of rotatable bonds is 8. The van der Waals surface area contributed by atoms with Crippen molar-refractivity contribution < 1.29 is 123 Å². The Labute approximate surface area is 244 Å². The number of nitrogens with zero attached hydrogens (tertiary/aromatic N) is 2. The van der Waals surface area contributed by atoms with Gasteiger partial charge in [-0.1, -0.05) is 0 Å². The molecule has 24 heteroatoms. The van der Waals surface area contributed by atoms with Crippen LogP contribution in [-0.4, -0.2) is 64.3 Å². The molecule has 8 N–H and O–H groups in total. The Hall–Kier alpha value is 1.55. The number of phosphoric acid groups is 3. The molecular weight excluding hydrogens is 584 g/mol. The van der Waals surface area contributed by atoms with Crippen molar-refractivity contribution in [2.45, 2.75) is 24.5 Å². The number of halogens is 2. The smallest absolute Gasteiger partial charge is 1.00 e. The van der Waals surface area contributed by atoms with Gasteiger partial charge in [-0.2, -0.15) is 13.6 Å². The zero-order chi connectivity index (χ0) is 22.2. The van der Waals surface area contributed by atoms with Gasteiger partial charge in [0, 0.05) is 6.20 Å². The van der Waals surface area contributed by atoms with Crippen LogP contribution < -0.4 is 70.5 Å². The van der Waals surface area contributed by atoms with E-state index >= 15 is 0 Å². The summed E-state index contributed by atoms with van der Waals surface area (Å²) in [6.45, 7) is -1.02. The molecule has 1 saturated heterocycles. The molecule has 0 bridgehead atoms. The topological polar surface area (TPSA) is 270 Å². The van der Waals surface area contributed by atoms with E-state index in [1.807, 2.05) is 0 Å². The Morgan fingerprint density at radius 2 is 1.61 bits per heavy atom. The van der Waals surface area contributed by atoms with Crippen LogP contribution in [0.2, 0.25) is 0 Å². The molecule has 33 heavy (non-hydrogen) atoms. The van der Waals surface area contributed by atoms with Crippen LogP contribution in [0.5, 0.6) is 0 Å². The predicted molar refractivity (Wildman–Crippen MR) is 105 cm³/mol. The molecule has 0 aromatic carbocycles. The molecule has 2 rings (SSSR count). The van der Waals surface area contributed by atoms with Gasteiger partial charge in [-0.05, 0) is 6.07 Å². The van der Waals surface area contributed by atoms with Gasteiger partial charge in [-0.15, -0.1) is 24.8 Å². The second kappa shape index (κ2) is 15.1. The third kappa shape index (κ3) is 12.1. The van der Waals surface area contributed by atoms with Crippen molar-refractivity contribution in [3.8, 4) is 0 Å². The van der Waals surface area contributed by atoms with Crippen LogP contribution in [-0.2, 0) is 31.6 Å². The van der Waals surface area contributed by atoms with Crippen LogP contribution in [0.15, 0.2) is 17.1 Å². The molecule has 0 aliphatic carbocycles. The Balaban J connectivity index is -0.000000500. The summed E-state index contributed by atoms with van der Waals surface area (Å²) >= 11 is 0. The van der Waals surface area contributed by atoms with Crippen LogP contribution in [0.3, 0.4) is 0 Å². The monoisotopic (exact) mass is 603 g/mol. The number of ether oxygens (including phenoxy) is 1. The Bertz CT molecular complexity index is 978. The largest absolute Gasteiger partial charge is 1.00 e. The van der Waals surface area contributed by atoms with Crippen molar-refractivity contribution in [3.05, 3.63) is 22.7 Å². The van der Waals surface area contributed by atoms with Crippen LogP contribution >= 0.6 is 48.3 Å². The van der Waals surface area contributed by atoms with Crippen molar-refractivity contribution in [2.75, 3.05) is 12.3 Å². The molecular formula is C9H20Cl2N3Na2O14P3. The fourth-order valence-electron chi connectivity index (χ4n) is 2.19. The number of nitrogens with two attached hydrogens (primary N) is 1. The van der Waals surface area contributed by atoms with Gasteiger partial charge in [0.25, 0.3) is 0 Å². The number of nitrogen functional groups attached to an aromatic ring is 1. The van der Waals surface area contributed by atoms with Gasteiger partial charge in [-0.25, -0.2) is 18.5 Å². The molecule has 0 spiro atoms. The minimum Gasteiger partial charge on any atom is -1.00 e. The van der Waals surface area contributed by atoms with E-state index in [4.69, 9.17) is 25.2 Å². The number of aliphatic hydroxyl groups is 2. The van der Waals surface area contributed by atoms with Gasteiger partial charge in [-0.3, -0.25) is 9.09 Å². The summed E-state index contributed by atoms with van der Waals surface area (Å²) in [5, 5.41) is 20.0. The minimum atomic E-state index is -5.71. The van der Waals surface area contributed by atoms with E-state index in [0.29, 0.717) is 0 Å². The average Bonchev–Trinajstić information content (AvgIpc) is 2.78. The van der Waals surface area contributed by atoms with Crippen LogP contribution in [0.1, 0.15) is 9.08 Å². The maximum atomic E-state index is 11.8. The first-order chi connectivity index (χ1) is 13.1. The molecule has 1 aromatic heterocycles. The summed E-state index contributed by atoms with van der Waals surface area (Å²) in [4.78, 5) is 50.5. The van der Waals surface area contributed by atoms with Gasteiger partial charge in [0.15, 0.2) is 6.23 Å². The molecule has 2 unspecified atom stereocenters. The fourth-order valence-corrected chi connectivity index (χ4v) is 5.22. The molecule has 17 nitrogen and oxygen atoms in total. The molecule has 0 amide bonds. The first-order valence-electron chi connectivity index (χ1n) is 7.25. The summed E-state index contributed by atoms with van der Waals surface area (Å²) in [5.74, 6) is -0.122. The zero-order valence-corrected chi connectivity index (χ0v) is 25.1. The molecule has 1 aliphatic heterocycles. The van der Waals surface area contributed by atoms with Crippen LogP contribution in [0.4, 0.5) is 5.82 Å². The fraction of sp³-hybridized carbons (Fsp3) is 0.556. The van der Waals surface area contributed by atoms with Crippen LogP contribution in [0.25, 0.3) is 0 Å². The molecule has 1 aromatic rings. The number of aliphatic hydroxyl groups excluding tert-OH is 2. The van der Waals surface area contributed by atoms with E-state index < -0.39 is 60.3 Å². The Kier molecular flexibility index (Phi) is 17.9. The van der Waals surface area contributed by atoms with E-state index in [1.165, 1.54) is 6.07 Å². The molecule has 186 valence electrons. The van der Waals surface area contributed by atoms with Crippen molar-refractivity contribution in [1.82, 2.24) is 9.55 Å². The van der Waals surface area contributed by atoms with E-state index in [9.17, 15) is 33.6 Å². The van der Waals surface area contributed by atoms with E-state index in [1.54, 1.807) is 0 Å². The zero-order valence-electron chi connectivity index (χ0n) is 18.8.